The molecule has 2 N–H and O–H groups in total. The third-order valence-electron chi connectivity index (χ3n) is 4.10. The number of pyridine rings is 1. The van der Waals surface area contributed by atoms with Crippen LogP contribution in [0.5, 0.6) is 0 Å². The van der Waals surface area contributed by atoms with Gasteiger partial charge in [0.25, 0.3) is 11.5 Å². The maximum atomic E-state index is 13.9. The molecule has 0 fully saturated rings. The first-order valence-electron chi connectivity index (χ1n) is 8.45. The Balaban J connectivity index is 2.10. The second-order valence-electron chi connectivity index (χ2n) is 5.90. The zero-order valence-corrected chi connectivity index (χ0v) is 15.0. The molecular formula is C21H17FN2O4. The lowest BCUT2D eigenvalue weighted by atomic mass is 9.95. The summed E-state index contributed by atoms with van der Waals surface area (Å²) in [6, 6.07) is 12.8. The maximum Gasteiger partial charge on any atom is 0.330 e. The van der Waals surface area contributed by atoms with E-state index in [2.05, 4.69) is 15.0 Å². The summed E-state index contributed by atoms with van der Waals surface area (Å²) in [6.07, 6.45) is 2.57. The van der Waals surface area contributed by atoms with Crippen LogP contribution in [0.4, 0.5) is 4.39 Å². The number of rotatable bonds is 5. The van der Waals surface area contributed by atoms with E-state index in [0.29, 0.717) is 22.0 Å². The number of hydrogen-bond donors (Lipinski definition) is 2. The van der Waals surface area contributed by atoms with Crippen molar-refractivity contribution in [3.05, 3.63) is 82.4 Å². The fourth-order valence-corrected chi connectivity index (χ4v) is 2.85. The van der Waals surface area contributed by atoms with Crippen molar-refractivity contribution < 1.29 is 18.7 Å². The minimum absolute atomic E-state index is 0.0167. The number of carbonyl (C=O) groups is 2. The first-order valence-corrected chi connectivity index (χ1v) is 8.45. The van der Waals surface area contributed by atoms with Crippen LogP contribution in [0.3, 0.4) is 0 Å². The number of nitrogens with one attached hydrogen (secondary N) is 2. The summed E-state index contributed by atoms with van der Waals surface area (Å²) in [4.78, 5) is 39.1. The van der Waals surface area contributed by atoms with Gasteiger partial charge in [-0.15, -0.1) is 0 Å². The molecule has 0 atom stereocenters. The Hall–Kier alpha value is -3.74. The summed E-state index contributed by atoms with van der Waals surface area (Å²) in [5.74, 6) is -1.68. The van der Waals surface area contributed by atoms with E-state index in [1.807, 2.05) is 0 Å². The number of aromatic nitrogens is 1. The first kappa shape index (κ1) is 19.0. The second kappa shape index (κ2) is 8.30. The van der Waals surface area contributed by atoms with Gasteiger partial charge in [-0.05, 0) is 23.8 Å². The molecule has 0 saturated carbocycles. The quantitative estimate of drug-likeness (QED) is 0.526. The van der Waals surface area contributed by atoms with Gasteiger partial charge in [0.2, 0.25) is 0 Å². The van der Waals surface area contributed by atoms with Crippen molar-refractivity contribution >= 4 is 22.8 Å². The van der Waals surface area contributed by atoms with Crippen LogP contribution >= 0.6 is 0 Å². The molecular weight excluding hydrogens is 363 g/mol. The lowest BCUT2D eigenvalue weighted by Crippen LogP contribution is -2.30. The number of methoxy groups -OCH3 is 1. The monoisotopic (exact) mass is 380 g/mol. The standard InChI is InChI=1S/C21H17FN2O4/c1-28-17(25)8-5-11-23-20(26)19-18(13-6-3-2-4-7-13)15-12-14(22)9-10-16(15)24-21(19)27/h2-10,12H,11H2,1H3,(H,23,26)(H,24,27)/b8-5+. The Morgan fingerprint density at radius 3 is 2.64 bits per heavy atom. The third-order valence-corrected chi connectivity index (χ3v) is 4.10. The smallest absolute Gasteiger partial charge is 0.330 e. The molecule has 3 rings (SSSR count). The number of hydrogen-bond acceptors (Lipinski definition) is 4. The zero-order chi connectivity index (χ0) is 20.1. The molecule has 0 spiro atoms. The van der Waals surface area contributed by atoms with Crippen molar-refractivity contribution in [2.75, 3.05) is 13.7 Å². The number of benzene rings is 2. The highest BCUT2D eigenvalue weighted by Gasteiger charge is 2.20. The Morgan fingerprint density at radius 2 is 1.93 bits per heavy atom. The van der Waals surface area contributed by atoms with Gasteiger partial charge in [-0.25, -0.2) is 9.18 Å². The van der Waals surface area contributed by atoms with Crippen LogP contribution in [0.2, 0.25) is 0 Å². The highest BCUT2D eigenvalue weighted by molar-refractivity contribution is 6.08. The number of halogens is 1. The van der Waals surface area contributed by atoms with E-state index < -0.39 is 23.3 Å². The van der Waals surface area contributed by atoms with E-state index in [4.69, 9.17) is 0 Å². The zero-order valence-electron chi connectivity index (χ0n) is 15.0. The van der Waals surface area contributed by atoms with Gasteiger partial charge in [0.05, 0.1) is 7.11 Å². The van der Waals surface area contributed by atoms with E-state index in [9.17, 15) is 18.8 Å². The average Bonchev–Trinajstić information content (AvgIpc) is 2.70. The van der Waals surface area contributed by atoms with Crippen molar-refractivity contribution in [1.29, 1.82) is 0 Å². The lowest BCUT2D eigenvalue weighted by Gasteiger charge is -2.13. The largest absolute Gasteiger partial charge is 0.466 e. The molecule has 6 nitrogen and oxygen atoms in total. The normalized spacial score (nSPS) is 10.9. The Bertz CT molecular complexity index is 1120. The Morgan fingerprint density at radius 1 is 1.18 bits per heavy atom. The minimum atomic E-state index is -0.638. The molecule has 0 aliphatic heterocycles. The number of H-pyrrole nitrogens is 1. The van der Waals surface area contributed by atoms with Gasteiger partial charge in [0, 0.05) is 29.1 Å². The molecule has 1 heterocycles. The highest BCUT2D eigenvalue weighted by Crippen LogP contribution is 2.29. The number of fused-ring (bicyclic) bond motifs is 1. The lowest BCUT2D eigenvalue weighted by molar-refractivity contribution is -0.134. The van der Waals surface area contributed by atoms with Crippen LogP contribution < -0.4 is 10.9 Å². The van der Waals surface area contributed by atoms with Gasteiger partial charge < -0.3 is 15.0 Å². The van der Waals surface area contributed by atoms with E-state index in [1.54, 1.807) is 30.3 Å². The third kappa shape index (κ3) is 3.98. The topological polar surface area (TPSA) is 88.3 Å². The van der Waals surface area contributed by atoms with Crippen LogP contribution in [-0.2, 0) is 9.53 Å². The highest BCUT2D eigenvalue weighted by atomic mass is 19.1. The van der Waals surface area contributed by atoms with Crippen LogP contribution in [0.1, 0.15) is 10.4 Å². The van der Waals surface area contributed by atoms with Gasteiger partial charge in [0.1, 0.15) is 11.4 Å². The fraction of sp³-hybridized carbons (Fsp3) is 0.0952. The van der Waals surface area contributed by atoms with Gasteiger partial charge >= 0.3 is 5.97 Å². The van der Waals surface area contributed by atoms with Crippen LogP contribution in [-0.4, -0.2) is 30.5 Å². The predicted octanol–water partition coefficient (Wildman–Crippen LogP) is 2.79. The van der Waals surface area contributed by atoms with Crippen molar-refractivity contribution in [2.24, 2.45) is 0 Å². The molecule has 28 heavy (non-hydrogen) atoms. The summed E-state index contributed by atoms with van der Waals surface area (Å²) in [6.45, 7) is 0.0167. The van der Waals surface area contributed by atoms with Gasteiger partial charge in [-0.2, -0.15) is 0 Å². The molecule has 0 aliphatic rings. The van der Waals surface area contributed by atoms with E-state index in [-0.39, 0.29) is 12.1 Å². The first-order chi connectivity index (χ1) is 13.5. The van der Waals surface area contributed by atoms with E-state index >= 15 is 0 Å². The Labute approximate surface area is 159 Å². The van der Waals surface area contributed by atoms with Crippen molar-refractivity contribution in [3.63, 3.8) is 0 Å². The summed E-state index contributed by atoms with van der Waals surface area (Å²) in [5.41, 5.74) is 0.656. The number of aromatic amines is 1. The van der Waals surface area contributed by atoms with Crippen molar-refractivity contribution in [1.82, 2.24) is 10.3 Å². The maximum absolute atomic E-state index is 13.9. The second-order valence-corrected chi connectivity index (χ2v) is 5.90. The molecule has 0 bridgehead atoms. The molecule has 3 aromatic rings. The van der Waals surface area contributed by atoms with E-state index in [0.717, 1.165) is 0 Å². The average molecular weight is 380 g/mol. The summed E-state index contributed by atoms with van der Waals surface area (Å²) >= 11 is 0. The molecule has 0 unspecified atom stereocenters. The van der Waals surface area contributed by atoms with Gasteiger partial charge in [-0.1, -0.05) is 36.4 Å². The van der Waals surface area contributed by atoms with Crippen molar-refractivity contribution in [3.8, 4) is 11.1 Å². The summed E-state index contributed by atoms with van der Waals surface area (Å²) < 4.78 is 18.3. The molecule has 0 aliphatic carbocycles. The molecule has 7 heteroatoms. The number of amides is 1. The number of ether oxygens (including phenoxy) is 1. The molecule has 2 aromatic carbocycles. The Kier molecular flexibility index (Phi) is 5.64. The molecule has 1 aromatic heterocycles. The summed E-state index contributed by atoms with van der Waals surface area (Å²) in [5, 5.41) is 2.98. The molecule has 1 amide bonds. The van der Waals surface area contributed by atoms with Crippen LogP contribution in [0, 0.1) is 5.82 Å². The number of carbonyl (C=O) groups excluding carboxylic acids is 2. The fourth-order valence-electron chi connectivity index (χ4n) is 2.85. The molecule has 142 valence electrons. The summed E-state index contributed by atoms with van der Waals surface area (Å²) in [7, 11) is 1.24. The van der Waals surface area contributed by atoms with Crippen LogP contribution in [0.15, 0.2) is 65.5 Å². The number of esters is 1. The molecule has 0 radical (unpaired) electrons. The minimum Gasteiger partial charge on any atom is -0.466 e. The van der Waals surface area contributed by atoms with Gasteiger partial charge in [-0.3, -0.25) is 9.59 Å². The SMILES string of the molecule is COC(=O)/C=C/CNC(=O)c1c(-c2ccccc2)c2cc(F)ccc2[nH]c1=O. The van der Waals surface area contributed by atoms with Crippen molar-refractivity contribution in [2.45, 2.75) is 0 Å². The van der Waals surface area contributed by atoms with E-state index in [1.165, 1.54) is 37.5 Å². The van der Waals surface area contributed by atoms with Gasteiger partial charge in [0.15, 0.2) is 0 Å². The molecule has 0 saturated heterocycles. The predicted molar refractivity (Wildman–Crippen MR) is 103 cm³/mol. The van der Waals surface area contributed by atoms with Crippen LogP contribution in [0.25, 0.3) is 22.0 Å².